The molecule has 0 nitrogen and oxygen atoms in total. The molecule has 0 bridgehead atoms. The van der Waals surface area contributed by atoms with Crippen LogP contribution < -0.4 is 0 Å². The zero-order valence-corrected chi connectivity index (χ0v) is 8.34. The molecule has 0 aromatic rings. The quantitative estimate of drug-likeness (QED) is 0.452. The molecule has 0 amide bonds. The molecule has 0 aromatic carbocycles. The van der Waals surface area contributed by atoms with Crippen LogP contribution in [0.25, 0.3) is 0 Å². The van der Waals surface area contributed by atoms with Gasteiger partial charge < -0.3 is 0 Å². The van der Waals surface area contributed by atoms with E-state index in [1.807, 2.05) is 0 Å². The Hall–Kier alpha value is -1.15. The molecular formula is C9H5F9. The number of hydrogen-bond acceptors (Lipinski definition) is 0. The Morgan fingerprint density at radius 3 is 1.61 bits per heavy atom. The third kappa shape index (κ3) is 2.35. The van der Waals surface area contributed by atoms with Gasteiger partial charge in [-0.25, -0.2) is 0 Å². The normalized spacial score (nSPS) is 20.8. The molecule has 0 N–H and O–H groups in total. The minimum Gasteiger partial charge on any atom is -0.169 e. The highest BCUT2D eigenvalue weighted by Gasteiger charge is 2.69. The first kappa shape index (κ1) is 14.9. The monoisotopic (exact) mass is 284 g/mol. The van der Waals surface area contributed by atoms with Crippen molar-refractivity contribution in [1.82, 2.24) is 0 Å². The van der Waals surface area contributed by atoms with E-state index in [9.17, 15) is 39.5 Å². The van der Waals surface area contributed by atoms with E-state index in [0.717, 1.165) is 0 Å². The molecule has 1 rings (SSSR count). The number of hydrogen-bond donors (Lipinski definition) is 0. The van der Waals surface area contributed by atoms with E-state index in [1.165, 1.54) is 0 Å². The molecule has 0 atom stereocenters. The molecule has 104 valence electrons. The Balaban J connectivity index is 3.43. The number of halogens is 9. The Morgan fingerprint density at radius 1 is 0.833 bits per heavy atom. The van der Waals surface area contributed by atoms with Crippen molar-refractivity contribution < 1.29 is 39.5 Å². The van der Waals surface area contributed by atoms with Crippen LogP contribution >= 0.6 is 0 Å². The summed E-state index contributed by atoms with van der Waals surface area (Å²) in [5.41, 5.74) is -6.44. The van der Waals surface area contributed by atoms with Gasteiger partial charge in [-0.1, -0.05) is 12.2 Å². The van der Waals surface area contributed by atoms with Crippen LogP contribution in [-0.2, 0) is 0 Å². The van der Waals surface area contributed by atoms with Crippen molar-refractivity contribution in [3.05, 3.63) is 23.8 Å². The fraction of sp³-hybridized carbons (Fsp3) is 0.556. The van der Waals surface area contributed by atoms with Crippen molar-refractivity contribution in [2.24, 2.45) is 5.41 Å². The van der Waals surface area contributed by atoms with Crippen LogP contribution in [0, 0.1) is 5.41 Å². The van der Waals surface area contributed by atoms with Crippen LogP contribution in [0.3, 0.4) is 0 Å². The summed E-state index contributed by atoms with van der Waals surface area (Å²) in [6.07, 6.45) is -18.9. The lowest BCUT2D eigenvalue weighted by molar-refractivity contribution is -0.303. The van der Waals surface area contributed by atoms with Crippen LogP contribution in [0.15, 0.2) is 23.8 Å². The van der Waals surface area contributed by atoms with Gasteiger partial charge in [0.25, 0.3) is 0 Å². The van der Waals surface area contributed by atoms with Crippen molar-refractivity contribution in [2.45, 2.75) is 24.9 Å². The summed E-state index contributed by atoms with van der Waals surface area (Å²) in [4.78, 5) is 0. The van der Waals surface area contributed by atoms with E-state index in [-0.39, 0.29) is 12.2 Å². The minimum atomic E-state index is -5.89. The van der Waals surface area contributed by atoms with Crippen LogP contribution in [0.1, 0.15) is 6.42 Å². The van der Waals surface area contributed by atoms with E-state index in [4.69, 9.17) is 0 Å². The van der Waals surface area contributed by atoms with Gasteiger partial charge in [0.1, 0.15) is 0 Å². The van der Waals surface area contributed by atoms with Crippen molar-refractivity contribution in [3.8, 4) is 0 Å². The molecule has 0 unspecified atom stereocenters. The van der Waals surface area contributed by atoms with Gasteiger partial charge in [-0.2, -0.15) is 39.5 Å². The molecule has 0 saturated carbocycles. The molecule has 0 fully saturated rings. The predicted molar refractivity (Wildman–Crippen MR) is 42.4 cm³/mol. The second kappa shape index (κ2) is 3.92. The lowest BCUT2D eigenvalue weighted by Gasteiger charge is -2.35. The first-order valence-corrected chi connectivity index (χ1v) is 4.41. The summed E-state index contributed by atoms with van der Waals surface area (Å²) in [7, 11) is 0. The van der Waals surface area contributed by atoms with Gasteiger partial charge in [0.15, 0.2) is 5.41 Å². The Kier molecular flexibility index (Phi) is 3.25. The highest BCUT2D eigenvalue weighted by molar-refractivity contribution is 5.31. The van der Waals surface area contributed by atoms with Crippen molar-refractivity contribution >= 4 is 0 Å². The van der Waals surface area contributed by atoms with Crippen molar-refractivity contribution in [3.63, 3.8) is 0 Å². The highest BCUT2D eigenvalue weighted by Crippen LogP contribution is 2.55. The van der Waals surface area contributed by atoms with Crippen molar-refractivity contribution in [2.75, 3.05) is 0 Å². The summed E-state index contributed by atoms with van der Waals surface area (Å²) >= 11 is 0. The maximum absolute atomic E-state index is 12.5. The van der Waals surface area contributed by atoms with Gasteiger partial charge in [0, 0.05) is 5.57 Å². The molecule has 9 heteroatoms. The molecule has 0 aliphatic heterocycles. The van der Waals surface area contributed by atoms with Crippen LogP contribution in [-0.4, -0.2) is 18.5 Å². The van der Waals surface area contributed by atoms with Gasteiger partial charge in [0.2, 0.25) is 0 Å². The Morgan fingerprint density at radius 2 is 1.28 bits per heavy atom. The minimum absolute atomic E-state index is 0.226. The summed E-state index contributed by atoms with van der Waals surface area (Å²) < 4.78 is 111. The molecule has 18 heavy (non-hydrogen) atoms. The molecule has 0 spiro atoms. The average molecular weight is 284 g/mol. The van der Waals surface area contributed by atoms with Crippen LogP contribution in [0.4, 0.5) is 39.5 Å². The predicted octanol–water partition coefficient (Wildman–Crippen LogP) is 4.55. The zero-order valence-electron chi connectivity index (χ0n) is 8.34. The van der Waals surface area contributed by atoms with Crippen LogP contribution in [0.2, 0.25) is 0 Å². The standard InChI is InChI=1S/C9H5F9/c10-7(11,12)5-2-1-3-6(4-5,8(13,14)15)9(16,17)18/h1,3-4H,2H2. The topological polar surface area (TPSA) is 0 Å². The Bertz CT molecular complexity index is 362. The molecular weight excluding hydrogens is 279 g/mol. The summed E-state index contributed by atoms with van der Waals surface area (Å²) in [6, 6.07) is 0. The Labute approximate surface area is 94.8 Å². The maximum Gasteiger partial charge on any atom is 0.412 e. The molecule has 1 aliphatic carbocycles. The van der Waals surface area contributed by atoms with Crippen molar-refractivity contribution in [1.29, 1.82) is 0 Å². The lowest BCUT2D eigenvalue weighted by Crippen LogP contribution is -2.48. The first-order valence-electron chi connectivity index (χ1n) is 4.41. The third-order valence-electron chi connectivity index (χ3n) is 2.42. The number of alkyl halides is 9. The molecule has 0 saturated heterocycles. The number of rotatable bonds is 0. The number of allylic oxidation sites excluding steroid dienone is 4. The second-order valence-corrected chi connectivity index (χ2v) is 3.64. The maximum atomic E-state index is 12.5. The lowest BCUT2D eigenvalue weighted by atomic mass is 9.79. The summed E-state index contributed by atoms with van der Waals surface area (Å²) in [5, 5.41) is 0. The van der Waals surface area contributed by atoms with Gasteiger partial charge in [0.05, 0.1) is 0 Å². The molecule has 0 radical (unpaired) electrons. The average Bonchev–Trinajstić information content (AvgIpc) is 2.13. The van der Waals surface area contributed by atoms with Gasteiger partial charge in [-0.15, -0.1) is 0 Å². The summed E-state index contributed by atoms with van der Waals surface area (Å²) in [5.74, 6) is 0. The van der Waals surface area contributed by atoms with E-state index in [1.54, 1.807) is 0 Å². The first-order chi connectivity index (χ1) is 7.81. The third-order valence-corrected chi connectivity index (χ3v) is 2.42. The van der Waals surface area contributed by atoms with Gasteiger partial charge in [-0.3, -0.25) is 0 Å². The van der Waals surface area contributed by atoms with E-state index in [0.29, 0.717) is 0 Å². The fourth-order valence-corrected chi connectivity index (χ4v) is 1.46. The highest BCUT2D eigenvalue weighted by atomic mass is 19.4. The smallest absolute Gasteiger partial charge is 0.169 e. The van der Waals surface area contributed by atoms with E-state index in [2.05, 4.69) is 0 Å². The second-order valence-electron chi connectivity index (χ2n) is 3.64. The molecule has 1 aliphatic rings. The zero-order chi connectivity index (χ0) is 14.4. The molecule has 0 aromatic heterocycles. The van der Waals surface area contributed by atoms with Gasteiger partial charge >= 0.3 is 18.5 Å². The largest absolute Gasteiger partial charge is 0.412 e. The van der Waals surface area contributed by atoms with Gasteiger partial charge in [-0.05, 0) is 12.5 Å². The SMILES string of the molecule is FC(F)(F)C1=CC(C(F)(F)F)(C(F)(F)F)C=CC1. The van der Waals surface area contributed by atoms with E-state index >= 15 is 0 Å². The fourth-order valence-electron chi connectivity index (χ4n) is 1.46. The van der Waals surface area contributed by atoms with E-state index < -0.39 is 42.0 Å². The van der Waals surface area contributed by atoms with Crippen LogP contribution in [0.5, 0.6) is 0 Å². The molecule has 0 heterocycles. The summed E-state index contributed by atoms with van der Waals surface area (Å²) in [6.45, 7) is 0.